The molecule has 0 fully saturated rings. The van der Waals surface area contributed by atoms with Crippen LogP contribution in [0.2, 0.25) is 0 Å². The highest BCUT2D eigenvalue weighted by atomic mass is 35.7. The first kappa shape index (κ1) is 11.3. The molecule has 0 saturated heterocycles. The molecule has 0 atom stereocenters. The van der Waals surface area contributed by atoms with Gasteiger partial charge < -0.3 is 0 Å². The van der Waals surface area contributed by atoms with Gasteiger partial charge in [0.2, 0.25) is 0 Å². The molecular weight excluding hydrogens is 248 g/mol. The first-order chi connectivity index (χ1) is 7.38. The Bertz CT molecular complexity index is 668. The van der Waals surface area contributed by atoms with Crippen LogP contribution in [0, 0.1) is 13.8 Å². The zero-order valence-electron chi connectivity index (χ0n) is 8.73. The predicted molar refractivity (Wildman–Crippen MR) is 62.1 cm³/mol. The van der Waals surface area contributed by atoms with E-state index in [9.17, 15) is 8.42 Å². The Morgan fingerprint density at radius 1 is 1.06 bits per heavy atom. The van der Waals surface area contributed by atoms with Crippen LogP contribution < -0.4 is 0 Å². The quantitative estimate of drug-likeness (QED) is 0.734. The van der Waals surface area contributed by atoms with Gasteiger partial charge in [0, 0.05) is 10.7 Å². The lowest BCUT2D eigenvalue weighted by molar-refractivity contribution is 0.609. The molecule has 0 aliphatic rings. The number of benzene rings is 1. The van der Waals surface area contributed by atoms with Gasteiger partial charge in [0.25, 0.3) is 9.05 Å². The summed E-state index contributed by atoms with van der Waals surface area (Å²) in [6.45, 7) is 3.68. The maximum Gasteiger partial charge on any atom is 0.261 e. The molecule has 0 N–H and O–H groups in total. The van der Waals surface area contributed by atoms with Gasteiger partial charge in [-0.2, -0.15) is 0 Å². The minimum absolute atomic E-state index is 0.0409. The Hall–Kier alpha value is -1.20. The maximum absolute atomic E-state index is 11.1. The van der Waals surface area contributed by atoms with Crippen molar-refractivity contribution in [1.82, 2.24) is 9.97 Å². The minimum atomic E-state index is -3.71. The number of halogens is 1. The Morgan fingerprint density at radius 3 is 2.19 bits per heavy atom. The van der Waals surface area contributed by atoms with E-state index in [1.165, 1.54) is 12.1 Å². The standard InChI is InChI=1S/C10H9ClN2O2S/c1-6-7(2)13-10-5-8(16(11,14)15)3-4-9(10)12-6/h3-5H,1-2H3. The number of hydrogen-bond acceptors (Lipinski definition) is 4. The topological polar surface area (TPSA) is 59.9 Å². The molecule has 4 nitrogen and oxygen atoms in total. The average molecular weight is 257 g/mol. The van der Waals surface area contributed by atoms with E-state index in [2.05, 4.69) is 9.97 Å². The molecule has 2 aromatic rings. The van der Waals surface area contributed by atoms with Crippen molar-refractivity contribution in [2.45, 2.75) is 18.7 Å². The number of hydrogen-bond donors (Lipinski definition) is 0. The molecule has 2 rings (SSSR count). The van der Waals surface area contributed by atoms with E-state index in [1.807, 2.05) is 13.8 Å². The van der Waals surface area contributed by atoms with E-state index in [0.717, 1.165) is 11.4 Å². The Morgan fingerprint density at radius 2 is 1.62 bits per heavy atom. The van der Waals surface area contributed by atoms with Crippen LogP contribution in [0.25, 0.3) is 11.0 Å². The molecule has 16 heavy (non-hydrogen) atoms. The van der Waals surface area contributed by atoms with Gasteiger partial charge in [-0.15, -0.1) is 0 Å². The van der Waals surface area contributed by atoms with Crippen molar-refractivity contribution in [3.63, 3.8) is 0 Å². The number of rotatable bonds is 1. The van der Waals surface area contributed by atoms with E-state index in [-0.39, 0.29) is 4.90 Å². The third-order valence-corrected chi connectivity index (χ3v) is 3.68. The molecule has 0 saturated carbocycles. The van der Waals surface area contributed by atoms with Crippen LogP contribution in [-0.4, -0.2) is 18.4 Å². The van der Waals surface area contributed by atoms with Crippen molar-refractivity contribution in [1.29, 1.82) is 0 Å². The monoisotopic (exact) mass is 256 g/mol. The van der Waals surface area contributed by atoms with Crippen molar-refractivity contribution < 1.29 is 8.42 Å². The molecule has 0 aliphatic carbocycles. The highest BCUT2D eigenvalue weighted by Crippen LogP contribution is 2.20. The van der Waals surface area contributed by atoms with Gasteiger partial charge >= 0.3 is 0 Å². The van der Waals surface area contributed by atoms with Crippen molar-refractivity contribution >= 4 is 30.8 Å². The highest BCUT2D eigenvalue weighted by molar-refractivity contribution is 8.13. The van der Waals surface area contributed by atoms with Gasteiger partial charge in [0.15, 0.2) is 0 Å². The molecule has 0 spiro atoms. The van der Waals surface area contributed by atoms with Crippen LogP contribution >= 0.6 is 10.7 Å². The second kappa shape index (κ2) is 3.68. The molecule has 0 bridgehead atoms. The smallest absolute Gasteiger partial charge is 0.250 e. The molecule has 84 valence electrons. The molecule has 0 amide bonds. The summed E-state index contributed by atoms with van der Waals surface area (Å²) in [5.41, 5.74) is 2.79. The average Bonchev–Trinajstić information content (AvgIpc) is 2.17. The lowest BCUT2D eigenvalue weighted by Crippen LogP contribution is -1.96. The summed E-state index contributed by atoms with van der Waals surface area (Å²) in [4.78, 5) is 8.60. The second-order valence-electron chi connectivity index (χ2n) is 3.48. The third-order valence-electron chi connectivity index (χ3n) is 2.33. The van der Waals surface area contributed by atoms with E-state index < -0.39 is 9.05 Å². The maximum atomic E-state index is 11.1. The Balaban J connectivity index is 2.77. The summed E-state index contributed by atoms with van der Waals surface area (Å²) < 4.78 is 22.3. The number of aryl methyl sites for hydroxylation is 2. The van der Waals surface area contributed by atoms with E-state index in [1.54, 1.807) is 6.07 Å². The van der Waals surface area contributed by atoms with Crippen LogP contribution in [0.1, 0.15) is 11.4 Å². The fourth-order valence-electron chi connectivity index (χ4n) is 1.36. The number of aromatic nitrogens is 2. The van der Waals surface area contributed by atoms with Crippen LogP contribution in [0.4, 0.5) is 0 Å². The first-order valence-corrected chi connectivity index (χ1v) is 6.88. The van der Waals surface area contributed by atoms with Crippen molar-refractivity contribution in [3.05, 3.63) is 29.6 Å². The van der Waals surface area contributed by atoms with Gasteiger partial charge in [-0.1, -0.05) is 0 Å². The largest absolute Gasteiger partial charge is 0.261 e. The summed E-state index contributed by atoms with van der Waals surface area (Å²) >= 11 is 0. The fourth-order valence-corrected chi connectivity index (χ4v) is 2.13. The lowest BCUT2D eigenvalue weighted by Gasteiger charge is -2.03. The van der Waals surface area contributed by atoms with Gasteiger partial charge in [0.05, 0.1) is 27.3 Å². The summed E-state index contributed by atoms with van der Waals surface area (Å²) in [7, 11) is 1.54. The van der Waals surface area contributed by atoms with Crippen LogP contribution in [0.15, 0.2) is 23.1 Å². The van der Waals surface area contributed by atoms with Gasteiger partial charge in [-0.05, 0) is 32.0 Å². The third kappa shape index (κ3) is 2.01. The zero-order chi connectivity index (χ0) is 11.9. The Kier molecular flexibility index (Phi) is 2.59. The molecule has 1 aromatic carbocycles. The van der Waals surface area contributed by atoms with E-state index in [0.29, 0.717) is 11.0 Å². The molecular formula is C10H9ClN2O2S. The van der Waals surface area contributed by atoms with Crippen LogP contribution in [0.3, 0.4) is 0 Å². The Labute approximate surface area is 97.7 Å². The molecule has 0 unspecified atom stereocenters. The predicted octanol–water partition coefficient (Wildman–Crippen LogP) is 2.17. The van der Waals surface area contributed by atoms with Crippen molar-refractivity contribution in [2.24, 2.45) is 0 Å². The number of nitrogens with zero attached hydrogens (tertiary/aromatic N) is 2. The molecule has 1 heterocycles. The van der Waals surface area contributed by atoms with Crippen LogP contribution in [0.5, 0.6) is 0 Å². The summed E-state index contributed by atoms with van der Waals surface area (Å²) in [6, 6.07) is 4.45. The van der Waals surface area contributed by atoms with E-state index >= 15 is 0 Å². The molecule has 6 heteroatoms. The SMILES string of the molecule is Cc1nc2ccc(S(=O)(=O)Cl)cc2nc1C. The highest BCUT2D eigenvalue weighted by Gasteiger charge is 2.11. The van der Waals surface area contributed by atoms with Crippen molar-refractivity contribution in [3.8, 4) is 0 Å². The lowest BCUT2D eigenvalue weighted by atomic mass is 10.2. The summed E-state index contributed by atoms with van der Waals surface area (Å²) in [6.07, 6.45) is 0. The molecule has 1 aromatic heterocycles. The van der Waals surface area contributed by atoms with Crippen molar-refractivity contribution in [2.75, 3.05) is 0 Å². The molecule has 0 radical (unpaired) electrons. The zero-order valence-corrected chi connectivity index (χ0v) is 10.3. The van der Waals surface area contributed by atoms with Gasteiger partial charge in [-0.25, -0.2) is 18.4 Å². The number of fused-ring (bicyclic) bond motifs is 1. The normalized spacial score (nSPS) is 11.9. The summed E-state index contributed by atoms with van der Waals surface area (Å²) in [5, 5.41) is 0. The fraction of sp³-hybridized carbons (Fsp3) is 0.200. The summed E-state index contributed by atoms with van der Waals surface area (Å²) in [5.74, 6) is 0. The van der Waals surface area contributed by atoms with Gasteiger partial charge in [-0.3, -0.25) is 0 Å². The van der Waals surface area contributed by atoms with Crippen LogP contribution in [-0.2, 0) is 9.05 Å². The van der Waals surface area contributed by atoms with E-state index in [4.69, 9.17) is 10.7 Å². The first-order valence-electron chi connectivity index (χ1n) is 4.57. The second-order valence-corrected chi connectivity index (χ2v) is 6.05. The minimum Gasteiger partial charge on any atom is -0.250 e. The van der Waals surface area contributed by atoms with Gasteiger partial charge in [0.1, 0.15) is 0 Å². The molecule has 0 aliphatic heterocycles.